The molecule has 3 nitrogen and oxygen atoms in total. The molecule has 0 atom stereocenters. The highest BCUT2D eigenvalue weighted by Crippen LogP contribution is 2.24. The third-order valence-corrected chi connectivity index (χ3v) is 2.69. The van der Waals surface area contributed by atoms with Gasteiger partial charge >= 0.3 is 5.97 Å². The number of halogens is 1. The zero-order chi connectivity index (χ0) is 11.0. The number of carboxylic acid groups (broad SMARTS) is 1. The van der Waals surface area contributed by atoms with Crippen LogP contribution in [-0.4, -0.2) is 16.1 Å². The number of nitrogens with zero attached hydrogens (tertiary/aromatic N) is 1. The number of fused-ring (bicyclic) bond motifs is 1. The van der Waals surface area contributed by atoms with Crippen molar-refractivity contribution in [2.75, 3.05) is 0 Å². The van der Waals surface area contributed by atoms with Crippen molar-refractivity contribution in [3.63, 3.8) is 0 Å². The molecule has 0 saturated heterocycles. The fourth-order valence-corrected chi connectivity index (χ4v) is 2.15. The van der Waals surface area contributed by atoms with Gasteiger partial charge in [0, 0.05) is 16.1 Å². The van der Waals surface area contributed by atoms with Crippen LogP contribution in [0, 0.1) is 6.92 Å². The Hall–Kier alpha value is -1.42. The van der Waals surface area contributed by atoms with E-state index in [-0.39, 0.29) is 5.56 Å². The maximum absolute atomic E-state index is 11.0. The molecule has 0 unspecified atom stereocenters. The largest absolute Gasteiger partial charge is 0.478 e. The van der Waals surface area contributed by atoms with Crippen LogP contribution >= 0.6 is 15.9 Å². The molecule has 0 radical (unpaired) electrons. The third-order valence-electron chi connectivity index (χ3n) is 2.23. The van der Waals surface area contributed by atoms with E-state index in [1.54, 1.807) is 6.07 Å². The van der Waals surface area contributed by atoms with Gasteiger partial charge in [-0.15, -0.1) is 0 Å². The minimum Gasteiger partial charge on any atom is -0.478 e. The van der Waals surface area contributed by atoms with Gasteiger partial charge in [0.25, 0.3) is 0 Å². The Balaban J connectivity index is 2.91. The summed E-state index contributed by atoms with van der Waals surface area (Å²) in [6, 6.07) is 5.20. The summed E-state index contributed by atoms with van der Waals surface area (Å²) in [4.78, 5) is 15.2. The van der Waals surface area contributed by atoms with Gasteiger partial charge < -0.3 is 5.11 Å². The zero-order valence-electron chi connectivity index (χ0n) is 7.99. The molecule has 4 heteroatoms. The van der Waals surface area contributed by atoms with E-state index in [1.165, 1.54) is 12.3 Å². The fourth-order valence-electron chi connectivity index (χ4n) is 1.57. The number of aromatic nitrogens is 1. The number of hydrogen-bond donors (Lipinski definition) is 1. The van der Waals surface area contributed by atoms with Gasteiger partial charge in [0.05, 0.1) is 11.1 Å². The second-order valence-corrected chi connectivity index (χ2v) is 4.20. The molecule has 0 aliphatic carbocycles. The summed E-state index contributed by atoms with van der Waals surface area (Å²) in [7, 11) is 0. The molecule has 1 aromatic heterocycles. The van der Waals surface area contributed by atoms with Crippen LogP contribution in [0.4, 0.5) is 0 Å². The molecule has 0 spiro atoms. The highest BCUT2D eigenvalue weighted by atomic mass is 79.9. The summed E-state index contributed by atoms with van der Waals surface area (Å²) in [5, 5.41) is 9.69. The zero-order valence-corrected chi connectivity index (χ0v) is 9.58. The number of aryl methyl sites for hydroxylation is 1. The van der Waals surface area contributed by atoms with Crippen molar-refractivity contribution in [2.24, 2.45) is 0 Å². The highest BCUT2D eigenvalue weighted by molar-refractivity contribution is 9.10. The monoisotopic (exact) mass is 265 g/mol. The van der Waals surface area contributed by atoms with E-state index in [2.05, 4.69) is 20.9 Å². The average molecular weight is 266 g/mol. The van der Waals surface area contributed by atoms with E-state index in [4.69, 9.17) is 5.11 Å². The highest BCUT2D eigenvalue weighted by Gasteiger charge is 2.10. The molecule has 2 aromatic rings. The Labute approximate surface area is 94.9 Å². The SMILES string of the molecule is Cc1cc(Br)cc2c(C(=O)O)ccnc12. The first kappa shape index (κ1) is 10.1. The molecule has 0 amide bonds. The molecule has 0 aliphatic heterocycles. The number of carboxylic acids is 1. The van der Waals surface area contributed by atoms with Crippen molar-refractivity contribution >= 4 is 32.8 Å². The van der Waals surface area contributed by atoms with E-state index >= 15 is 0 Å². The summed E-state index contributed by atoms with van der Waals surface area (Å²) >= 11 is 3.35. The maximum Gasteiger partial charge on any atom is 0.336 e. The van der Waals surface area contributed by atoms with E-state index in [0.717, 1.165) is 15.6 Å². The number of hydrogen-bond acceptors (Lipinski definition) is 2. The lowest BCUT2D eigenvalue weighted by Gasteiger charge is -2.05. The molecule has 1 heterocycles. The average Bonchev–Trinajstić information content (AvgIpc) is 2.16. The molecule has 2 rings (SSSR count). The minimum atomic E-state index is -0.931. The van der Waals surface area contributed by atoms with Gasteiger partial charge in [-0.2, -0.15) is 0 Å². The normalized spacial score (nSPS) is 10.5. The Morgan fingerprint density at radius 1 is 1.47 bits per heavy atom. The quantitative estimate of drug-likeness (QED) is 0.863. The van der Waals surface area contributed by atoms with Crippen LogP contribution in [0.2, 0.25) is 0 Å². The standard InChI is InChI=1S/C11H8BrNO2/c1-6-4-7(12)5-9-8(11(14)15)2-3-13-10(6)9/h2-5H,1H3,(H,14,15). The van der Waals surface area contributed by atoms with E-state index in [1.807, 2.05) is 13.0 Å². The third kappa shape index (κ3) is 1.72. The van der Waals surface area contributed by atoms with Crippen molar-refractivity contribution < 1.29 is 9.90 Å². The number of carbonyl (C=O) groups is 1. The van der Waals surface area contributed by atoms with Crippen LogP contribution in [-0.2, 0) is 0 Å². The lowest BCUT2D eigenvalue weighted by Crippen LogP contribution is -1.99. The van der Waals surface area contributed by atoms with Gasteiger partial charge in [-0.05, 0) is 30.7 Å². The van der Waals surface area contributed by atoms with Crippen LogP contribution in [0.25, 0.3) is 10.9 Å². The van der Waals surface area contributed by atoms with Crippen LogP contribution in [0.3, 0.4) is 0 Å². The summed E-state index contributed by atoms with van der Waals surface area (Å²) in [5.41, 5.74) is 1.98. The molecular weight excluding hydrogens is 258 g/mol. The number of aromatic carboxylic acids is 1. The Kier molecular flexibility index (Phi) is 2.44. The Morgan fingerprint density at radius 2 is 2.20 bits per heavy atom. The molecule has 1 aromatic carbocycles. The van der Waals surface area contributed by atoms with Crippen LogP contribution in [0.15, 0.2) is 28.9 Å². The van der Waals surface area contributed by atoms with E-state index < -0.39 is 5.97 Å². The first-order valence-corrected chi connectivity index (χ1v) is 5.17. The molecule has 0 fully saturated rings. The van der Waals surface area contributed by atoms with E-state index in [9.17, 15) is 4.79 Å². The molecular formula is C11H8BrNO2. The fraction of sp³-hybridized carbons (Fsp3) is 0.0909. The van der Waals surface area contributed by atoms with Crippen LogP contribution in [0.1, 0.15) is 15.9 Å². The van der Waals surface area contributed by atoms with Crippen molar-refractivity contribution in [1.82, 2.24) is 4.98 Å². The first-order valence-electron chi connectivity index (χ1n) is 4.38. The summed E-state index contributed by atoms with van der Waals surface area (Å²) in [5.74, 6) is -0.931. The topological polar surface area (TPSA) is 50.2 Å². The molecule has 0 bridgehead atoms. The maximum atomic E-state index is 11.0. The van der Waals surface area contributed by atoms with Crippen molar-refractivity contribution in [1.29, 1.82) is 0 Å². The van der Waals surface area contributed by atoms with E-state index in [0.29, 0.717) is 5.39 Å². The van der Waals surface area contributed by atoms with Crippen molar-refractivity contribution in [3.8, 4) is 0 Å². The number of pyridine rings is 1. The van der Waals surface area contributed by atoms with Gasteiger partial charge in [-0.25, -0.2) is 4.79 Å². The van der Waals surface area contributed by atoms with Gasteiger partial charge in [0.1, 0.15) is 0 Å². The number of benzene rings is 1. The minimum absolute atomic E-state index is 0.282. The predicted octanol–water partition coefficient (Wildman–Crippen LogP) is 3.00. The second-order valence-electron chi connectivity index (χ2n) is 3.28. The van der Waals surface area contributed by atoms with Crippen molar-refractivity contribution in [3.05, 3.63) is 40.0 Å². The van der Waals surface area contributed by atoms with Gasteiger partial charge in [-0.3, -0.25) is 4.98 Å². The Bertz CT molecular complexity index is 552. The molecule has 0 saturated carbocycles. The van der Waals surface area contributed by atoms with Gasteiger partial charge in [0.2, 0.25) is 0 Å². The van der Waals surface area contributed by atoms with Gasteiger partial charge in [-0.1, -0.05) is 15.9 Å². The van der Waals surface area contributed by atoms with Crippen LogP contribution < -0.4 is 0 Å². The summed E-state index contributed by atoms with van der Waals surface area (Å²) in [6.45, 7) is 1.91. The lowest BCUT2D eigenvalue weighted by molar-refractivity contribution is 0.0699. The van der Waals surface area contributed by atoms with Crippen LogP contribution in [0.5, 0.6) is 0 Å². The second kappa shape index (κ2) is 3.62. The van der Waals surface area contributed by atoms with Crippen molar-refractivity contribution in [2.45, 2.75) is 6.92 Å². The number of rotatable bonds is 1. The lowest BCUT2D eigenvalue weighted by atomic mass is 10.1. The summed E-state index contributed by atoms with van der Waals surface area (Å²) < 4.78 is 0.864. The molecule has 1 N–H and O–H groups in total. The first-order chi connectivity index (χ1) is 7.09. The molecule has 15 heavy (non-hydrogen) atoms. The predicted molar refractivity (Wildman–Crippen MR) is 61.1 cm³/mol. The summed E-state index contributed by atoms with van der Waals surface area (Å²) in [6.07, 6.45) is 1.52. The smallest absolute Gasteiger partial charge is 0.336 e. The molecule has 0 aliphatic rings. The van der Waals surface area contributed by atoms with Gasteiger partial charge in [0.15, 0.2) is 0 Å². The Morgan fingerprint density at radius 3 is 2.87 bits per heavy atom. The molecule has 76 valence electrons.